The van der Waals surface area contributed by atoms with Gasteiger partial charge in [0.1, 0.15) is 0 Å². The van der Waals surface area contributed by atoms with Gasteiger partial charge in [0.25, 0.3) is 5.91 Å². The van der Waals surface area contributed by atoms with Gasteiger partial charge in [0.05, 0.1) is 19.2 Å². The van der Waals surface area contributed by atoms with Crippen LogP contribution in [-0.4, -0.2) is 16.4 Å². The minimum absolute atomic E-state index is 0.103. The molecule has 1 amide bonds. The molecule has 1 aliphatic rings. The first-order chi connectivity index (χ1) is 9.88. The fraction of sp³-hybridized carbons (Fsp3) is 0.571. The number of hydrogen-bond acceptors (Lipinski definition) is 3. The predicted molar refractivity (Wildman–Crippen MR) is 99.0 cm³/mol. The zero-order valence-corrected chi connectivity index (χ0v) is 16.6. The van der Waals surface area contributed by atoms with Gasteiger partial charge in [-0.25, -0.2) is 0 Å². The molecule has 1 aromatic rings. The van der Waals surface area contributed by atoms with Crippen molar-refractivity contribution in [3.05, 3.63) is 19.2 Å². The van der Waals surface area contributed by atoms with Crippen LogP contribution in [0, 0.1) is 5.92 Å². The molecule has 3 N–H and O–H groups in total. The lowest BCUT2D eigenvalue weighted by atomic mass is 9.75. The van der Waals surface area contributed by atoms with Crippen molar-refractivity contribution >= 4 is 66.3 Å². The summed E-state index contributed by atoms with van der Waals surface area (Å²) in [6, 6.07) is 1.81. The molecule has 3 nitrogen and oxygen atoms in total. The molecule has 116 valence electrons. The largest absolute Gasteiger partial charge is 0.391 e. The van der Waals surface area contributed by atoms with Gasteiger partial charge >= 0.3 is 0 Å². The molecule has 1 saturated carbocycles. The summed E-state index contributed by atoms with van der Waals surface area (Å²) in [6.07, 6.45) is 4.96. The van der Waals surface area contributed by atoms with Gasteiger partial charge in [-0.05, 0) is 69.5 Å². The van der Waals surface area contributed by atoms with Gasteiger partial charge < -0.3 is 11.1 Å². The van der Waals surface area contributed by atoms with E-state index in [0.717, 1.165) is 39.9 Å². The average molecular weight is 454 g/mol. The summed E-state index contributed by atoms with van der Waals surface area (Å²) >= 11 is 13.5. The lowest BCUT2D eigenvalue weighted by Gasteiger charge is -2.39. The third kappa shape index (κ3) is 3.86. The number of halogens is 2. The quantitative estimate of drug-likeness (QED) is 0.653. The smallest absolute Gasteiger partial charge is 0.262 e. The van der Waals surface area contributed by atoms with E-state index in [4.69, 9.17) is 18.0 Å². The van der Waals surface area contributed by atoms with Crippen LogP contribution >= 0.6 is 55.4 Å². The highest BCUT2D eigenvalue weighted by molar-refractivity contribution is 9.13. The van der Waals surface area contributed by atoms with Crippen molar-refractivity contribution in [1.82, 2.24) is 5.32 Å². The first kappa shape index (κ1) is 17.4. The van der Waals surface area contributed by atoms with Crippen LogP contribution in [0.15, 0.2) is 14.3 Å². The van der Waals surface area contributed by atoms with Gasteiger partial charge in [0, 0.05) is 4.47 Å². The van der Waals surface area contributed by atoms with Crippen molar-refractivity contribution in [3.8, 4) is 0 Å². The van der Waals surface area contributed by atoms with Gasteiger partial charge in [0.2, 0.25) is 0 Å². The summed E-state index contributed by atoms with van der Waals surface area (Å²) in [5, 5.41) is 3.10. The number of amides is 1. The van der Waals surface area contributed by atoms with Crippen LogP contribution in [0.1, 0.15) is 48.7 Å². The summed E-state index contributed by atoms with van der Waals surface area (Å²) in [6.45, 7) is 2.21. The molecule has 0 atom stereocenters. The molecule has 7 heteroatoms. The molecule has 0 radical (unpaired) electrons. The van der Waals surface area contributed by atoms with Gasteiger partial charge in [0.15, 0.2) is 0 Å². The Hall–Kier alpha value is 0.0200. The molecule has 1 aromatic heterocycles. The Kier molecular flexibility index (Phi) is 5.84. The third-order valence-corrected chi connectivity index (χ3v) is 7.88. The number of rotatable bonds is 4. The lowest BCUT2D eigenvalue weighted by molar-refractivity contribution is 0.0902. The van der Waals surface area contributed by atoms with E-state index in [-0.39, 0.29) is 5.91 Å². The number of thiocarbonyl (C=S) groups is 1. The Morgan fingerprint density at radius 3 is 2.57 bits per heavy atom. The van der Waals surface area contributed by atoms with Crippen molar-refractivity contribution in [1.29, 1.82) is 0 Å². The normalized spacial score (nSPS) is 25.6. The Bertz CT molecular complexity index is 532. The van der Waals surface area contributed by atoms with Crippen molar-refractivity contribution in [2.45, 2.75) is 44.6 Å². The zero-order chi connectivity index (χ0) is 15.6. The number of nitrogens with two attached hydrogens (primary N) is 1. The summed E-state index contributed by atoms with van der Waals surface area (Å²) in [4.78, 5) is 13.5. The molecule has 21 heavy (non-hydrogen) atoms. The van der Waals surface area contributed by atoms with E-state index >= 15 is 0 Å². The first-order valence-electron chi connectivity index (χ1n) is 6.95. The molecule has 0 bridgehead atoms. The topological polar surface area (TPSA) is 55.1 Å². The Morgan fingerprint density at radius 1 is 1.52 bits per heavy atom. The van der Waals surface area contributed by atoms with Crippen LogP contribution in [0.4, 0.5) is 0 Å². The maximum Gasteiger partial charge on any atom is 0.262 e. The Morgan fingerprint density at radius 2 is 2.14 bits per heavy atom. The minimum Gasteiger partial charge on any atom is -0.391 e. The van der Waals surface area contributed by atoms with Gasteiger partial charge in [-0.3, -0.25) is 4.79 Å². The van der Waals surface area contributed by atoms with Gasteiger partial charge in [-0.1, -0.05) is 25.6 Å². The standard InChI is InChI=1S/C14H18Br2N2OS2/c1-2-8-3-5-14(6-4-8,13(17)20)18-12(19)10-7-9(15)11(16)21-10/h7-8H,2-6H2,1H3,(H2,17,20)(H,18,19). The molecule has 0 spiro atoms. The monoisotopic (exact) mass is 452 g/mol. The predicted octanol–water partition coefficient (Wildman–Crippen LogP) is 4.63. The van der Waals surface area contributed by atoms with Crippen LogP contribution in [0.5, 0.6) is 0 Å². The Labute approximate surface area is 151 Å². The molecule has 0 aliphatic heterocycles. The molecular formula is C14H18Br2N2OS2. The molecule has 1 aliphatic carbocycles. The van der Waals surface area contributed by atoms with Crippen LogP contribution in [0.3, 0.4) is 0 Å². The van der Waals surface area contributed by atoms with Gasteiger partial charge in [-0.15, -0.1) is 11.3 Å². The average Bonchev–Trinajstić information content (AvgIpc) is 2.79. The highest BCUT2D eigenvalue weighted by Crippen LogP contribution is 2.36. The second-order valence-electron chi connectivity index (χ2n) is 5.48. The van der Waals surface area contributed by atoms with E-state index in [1.165, 1.54) is 17.8 Å². The van der Waals surface area contributed by atoms with E-state index in [1.54, 1.807) is 0 Å². The second kappa shape index (κ2) is 7.06. The highest BCUT2D eigenvalue weighted by atomic mass is 79.9. The van der Waals surface area contributed by atoms with Crippen LogP contribution in [-0.2, 0) is 0 Å². The van der Waals surface area contributed by atoms with E-state index in [9.17, 15) is 4.79 Å². The highest BCUT2D eigenvalue weighted by Gasteiger charge is 2.39. The molecule has 1 fully saturated rings. The molecule has 1 heterocycles. The van der Waals surface area contributed by atoms with Gasteiger partial charge in [-0.2, -0.15) is 0 Å². The molecule has 0 saturated heterocycles. The molecule has 0 unspecified atom stereocenters. The fourth-order valence-corrected chi connectivity index (χ4v) is 4.94. The maximum absolute atomic E-state index is 12.5. The number of carbonyl (C=O) groups is 1. The fourth-order valence-electron chi connectivity index (χ4n) is 2.75. The summed E-state index contributed by atoms with van der Waals surface area (Å²) in [5.41, 5.74) is 5.43. The van der Waals surface area contributed by atoms with E-state index in [2.05, 4.69) is 44.1 Å². The summed E-state index contributed by atoms with van der Waals surface area (Å²) < 4.78 is 1.79. The summed E-state index contributed by atoms with van der Waals surface area (Å²) in [7, 11) is 0. The van der Waals surface area contributed by atoms with E-state index in [0.29, 0.717) is 9.87 Å². The Balaban J connectivity index is 2.13. The van der Waals surface area contributed by atoms with Crippen molar-refractivity contribution in [2.24, 2.45) is 11.7 Å². The number of hydrogen-bond donors (Lipinski definition) is 2. The summed E-state index contributed by atoms with van der Waals surface area (Å²) in [5.74, 6) is 0.614. The van der Waals surface area contributed by atoms with E-state index < -0.39 is 5.54 Å². The first-order valence-corrected chi connectivity index (χ1v) is 9.76. The van der Waals surface area contributed by atoms with Crippen molar-refractivity contribution in [3.63, 3.8) is 0 Å². The molecule has 2 rings (SSSR count). The second-order valence-corrected chi connectivity index (χ2v) is 9.15. The van der Waals surface area contributed by atoms with Crippen LogP contribution < -0.4 is 11.1 Å². The number of carbonyl (C=O) groups excluding carboxylic acids is 1. The zero-order valence-electron chi connectivity index (χ0n) is 11.7. The maximum atomic E-state index is 12.5. The van der Waals surface area contributed by atoms with E-state index in [1.807, 2.05) is 6.07 Å². The lowest BCUT2D eigenvalue weighted by Crippen LogP contribution is -2.58. The molecular weight excluding hydrogens is 436 g/mol. The van der Waals surface area contributed by atoms with Crippen molar-refractivity contribution < 1.29 is 4.79 Å². The minimum atomic E-state index is -0.527. The van der Waals surface area contributed by atoms with Crippen LogP contribution in [0.25, 0.3) is 0 Å². The number of nitrogens with one attached hydrogen (secondary N) is 1. The van der Waals surface area contributed by atoms with Crippen LogP contribution in [0.2, 0.25) is 0 Å². The molecule has 0 aromatic carbocycles. The van der Waals surface area contributed by atoms with Crippen molar-refractivity contribution in [2.75, 3.05) is 0 Å². The number of thiophene rings is 1. The SMILES string of the molecule is CCC1CCC(NC(=O)c2cc(Br)c(Br)s2)(C(N)=S)CC1. The third-order valence-electron chi connectivity index (χ3n) is 4.23.